The molecule has 184 valence electrons. The highest BCUT2D eigenvalue weighted by Crippen LogP contribution is 2.22. The van der Waals surface area contributed by atoms with E-state index in [0.717, 1.165) is 11.3 Å². The lowest BCUT2D eigenvalue weighted by molar-refractivity contribution is -0.133. The lowest BCUT2D eigenvalue weighted by Gasteiger charge is -2.34. The molecule has 12 heteroatoms. The van der Waals surface area contributed by atoms with Crippen molar-refractivity contribution in [2.45, 2.75) is 31.6 Å². The minimum absolute atomic E-state index is 0.0363. The van der Waals surface area contributed by atoms with Crippen molar-refractivity contribution in [2.24, 2.45) is 0 Å². The Balaban J connectivity index is 1.25. The average molecular weight is 498 g/mol. The number of piperazine rings is 1. The molecule has 35 heavy (non-hydrogen) atoms. The average Bonchev–Trinajstić information content (AvgIpc) is 3.39. The fraction of sp³-hybridized carbons (Fsp3) is 0.348. The standard InChI is InChI=1S/C23H27N7O4S/c1-17-3-4-18(2)21(15-17)35(33,34)29-13-11-28(12-14-29)23(32)10-9-22(31)25-19-5-7-20(8-6-19)30-16-24-26-27-30/h3-8,15-16H,9-14H2,1-2H3,(H,25,31). The molecule has 1 aliphatic heterocycles. The number of aromatic nitrogens is 4. The van der Waals surface area contributed by atoms with Crippen molar-refractivity contribution in [1.82, 2.24) is 29.4 Å². The first-order valence-electron chi connectivity index (χ1n) is 11.2. The van der Waals surface area contributed by atoms with E-state index in [0.29, 0.717) is 29.2 Å². The quantitative estimate of drug-likeness (QED) is 0.524. The molecule has 4 rings (SSSR count). The Hall–Kier alpha value is -3.64. The third-order valence-electron chi connectivity index (χ3n) is 5.88. The van der Waals surface area contributed by atoms with E-state index >= 15 is 0 Å². The van der Waals surface area contributed by atoms with Gasteiger partial charge in [0.2, 0.25) is 21.8 Å². The summed E-state index contributed by atoms with van der Waals surface area (Å²) < 4.78 is 29.1. The van der Waals surface area contributed by atoms with Crippen molar-refractivity contribution in [3.63, 3.8) is 0 Å². The second kappa shape index (κ2) is 10.3. The van der Waals surface area contributed by atoms with Crippen molar-refractivity contribution in [1.29, 1.82) is 0 Å². The largest absolute Gasteiger partial charge is 0.340 e. The number of nitrogens with one attached hydrogen (secondary N) is 1. The second-order valence-electron chi connectivity index (χ2n) is 8.40. The molecule has 3 aromatic rings. The Labute approximate surface area is 203 Å². The SMILES string of the molecule is Cc1ccc(C)c(S(=O)(=O)N2CCN(C(=O)CCC(=O)Nc3ccc(-n4cnnn4)cc3)CC2)c1. The van der Waals surface area contributed by atoms with Gasteiger partial charge in [-0.3, -0.25) is 9.59 Å². The van der Waals surface area contributed by atoms with Crippen LogP contribution < -0.4 is 5.32 Å². The highest BCUT2D eigenvalue weighted by Gasteiger charge is 2.31. The fourth-order valence-electron chi connectivity index (χ4n) is 3.88. The molecule has 0 saturated carbocycles. The summed E-state index contributed by atoms with van der Waals surface area (Å²) in [5.74, 6) is -0.442. The summed E-state index contributed by atoms with van der Waals surface area (Å²) in [4.78, 5) is 26.8. The second-order valence-corrected chi connectivity index (χ2v) is 10.3. The van der Waals surface area contributed by atoms with Gasteiger partial charge in [-0.1, -0.05) is 12.1 Å². The molecule has 2 heterocycles. The van der Waals surface area contributed by atoms with E-state index in [4.69, 9.17) is 0 Å². The summed E-state index contributed by atoms with van der Waals surface area (Å²) in [6.45, 7) is 4.67. The van der Waals surface area contributed by atoms with Gasteiger partial charge in [-0.2, -0.15) is 4.31 Å². The monoisotopic (exact) mass is 497 g/mol. The van der Waals surface area contributed by atoms with Crippen molar-refractivity contribution in [3.05, 3.63) is 59.9 Å². The molecule has 11 nitrogen and oxygen atoms in total. The summed E-state index contributed by atoms with van der Waals surface area (Å²) >= 11 is 0. The molecule has 2 amide bonds. The van der Waals surface area contributed by atoms with Crippen LogP contribution in [0.5, 0.6) is 0 Å². The third kappa shape index (κ3) is 5.72. The number of sulfonamides is 1. The smallest absolute Gasteiger partial charge is 0.243 e. The van der Waals surface area contributed by atoms with Crippen LogP contribution in [0.2, 0.25) is 0 Å². The maximum absolute atomic E-state index is 13.1. The number of hydrogen-bond donors (Lipinski definition) is 1. The number of tetrazole rings is 1. The summed E-state index contributed by atoms with van der Waals surface area (Å²) in [5.41, 5.74) is 2.93. The third-order valence-corrected chi connectivity index (χ3v) is 7.92. The maximum Gasteiger partial charge on any atom is 0.243 e. The Bertz CT molecular complexity index is 1300. The summed E-state index contributed by atoms with van der Waals surface area (Å²) in [5, 5.41) is 13.7. The first kappa shape index (κ1) is 24.5. The predicted molar refractivity (Wildman–Crippen MR) is 128 cm³/mol. The molecule has 2 aromatic carbocycles. The molecule has 0 aliphatic carbocycles. The van der Waals surface area contributed by atoms with Gasteiger partial charge in [-0.15, -0.1) is 5.10 Å². The first-order valence-corrected chi connectivity index (χ1v) is 12.7. The molecule has 0 spiro atoms. The van der Waals surface area contributed by atoms with Crippen LogP contribution in [0.3, 0.4) is 0 Å². The number of amides is 2. The summed E-state index contributed by atoms with van der Waals surface area (Å²) in [7, 11) is -3.62. The molecule has 0 unspecified atom stereocenters. The molecule has 0 atom stereocenters. The number of carbonyl (C=O) groups is 2. The van der Waals surface area contributed by atoms with E-state index in [1.165, 1.54) is 15.3 Å². The minimum Gasteiger partial charge on any atom is -0.340 e. The van der Waals surface area contributed by atoms with Gasteiger partial charge in [-0.25, -0.2) is 13.1 Å². The van der Waals surface area contributed by atoms with E-state index in [2.05, 4.69) is 20.8 Å². The lowest BCUT2D eigenvalue weighted by atomic mass is 10.2. The van der Waals surface area contributed by atoms with Gasteiger partial charge in [0.15, 0.2) is 0 Å². The molecular weight excluding hydrogens is 470 g/mol. The number of anilines is 1. The van der Waals surface area contributed by atoms with Gasteiger partial charge >= 0.3 is 0 Å². The number of rotatable bonds is 7. The Morgan fingerprint density at radius 1 is 0.971 bits per heavy atom. The molecule has 1 fully saturated rings. The van der Waals surface area contributed by atoms with Gasteiger partial charge in [-0.05, 0) is 65.7 Å². The van der Waals surface area contributed by atoms with E-state index in [9.17, 15) is 18.0 Å². The van der Waals surface area contributed by atoms with Gasteiger partial charge in [0.05, 0.1) is 10.6 Å². The van der Waals surface area contributed by atoms with Crippen LogP contribution >= 0.6 is 0 Å². The highest BCUT2D eigenvalue weighted by atomic mass is 32.2. The predicted octanol–water partition coefficient (Wildman–Crippen LogP) is 1.53. The van der Waals surface area contributed by atoms with Crippen LogP contribution in [0.4, 0.5) is 5.69 Å². The van der Waals surface area contributed by atoms with Crippen molar-refractivity contribution >= 4 is 27.5 Å². The van der Waals surface area contributed by atoms with Gasteiger partial charge in [0.1, 0.15) is 6.33 Å². The van der Waals surface area contributed by atoms with Crippen LogP contribution in [0.15, 0.2) is 53.7 Å². The Morgan fingerprint density at radius 2 is 1.69 bits per heavy atom. The van der Waals surface area contributed by atoms with E-state index in [1.54, 1.807) is 48.2 Å². The van der Waals surface area contributed by atoms with Gasteiger partial charge in [0, 0.05) is 44.7 Å². The van der Waals surface area contributed by atoms with Crippen LogP contribution in [-0.4, -0.2) is 75.8 Å². The molecule has 1 N–H and O–H groups in total. The fourth-order valence-corrected chi connectivity index (χ4v) is 5.61. The summed E-state index contributed by atoms with van der Waals surface area (Å²) in [6, 6.07) is 12.4. The number of aryl methyl sites for hydroxylation is 2. The Kier molecular flexibility index (Phi) is 7.22. The van der Waals surface area contributed by atoms with Crippen molar-refractivity contribution in [3.8, 4) is 5.69 Å². The molecule has 1 aliphatic rings. The van der Waals surface area contributed by atoms with Gasteiger partial charge in [0.25, 0.3) is 0 Å². The maximum atomic E-state index is 13.1. The van der Waals surface area contributed by atoms with Crippen LogP contribution in [0.1, 0.15) is 24.0 Å². The van der Waals surface area contributed by atoms with E-state index < -0.39 is 10.0 Å². The molecule has 1 saturated heterocycles. The van der Waals surface area contributed by atoms with Crippen molar-refractivity contribution < 1.29 is 18.0 Å². The van der Waals surface area contributed by atoms with Crippen LogP contribution in [0, 0.1) is 13.8 Å². The Morgan fingerprint density at radius 3 is 2.34 bits per heavy atom. The summed E-state index contributed by atoms with van der Waals surface area (Å²) in [6.07, 6.45) is 1.56. The van der Waals surface area contributed by atoms with E-state index in [1.807, 2.05) is 13.0 Å². The first-order chi connectivity index (χ1) is 16.7. The molecule has 0 bridgehead atoms. The zero-order chi connectivity index (χ0) is 25.0. The zero-order valence-electron chi connectivity index (χ0n) is 19.6. The minimum atomic E-state index is -3.62. The van der Waals surface area contributed by atoms with Crippen molar-refractivity contribution in [2.75, 3.05) is 31.5 Å². The zero-order valence-corrected chi connectivity index (χ0v) is 20.4. The normalized spacial score (nSPS) is 14.6. The highest BCUT2D eigenvalue weighted by molar-refractivity contribution is 7.89. The van der Waals surface area contributed by atoms with Crippen LogP contribution in [-0.2, 0) is 19.6 Å². The number of hydrogen-bond acceptors (Lipinski definition) is 7. The lowest BCUT2D eigenvalue weighted by Crippen LogP contribution is -2.50. The topological polar surface area (TPSA) is 130 Å². The molecular formula is C23H27N7O4S. The number of nitrogens with zero attached hydrogens (tertiary/aromatic N) is 6. The van der Waals surface area contributed by atoms with E-state index in [-0.39, 0.29) is 37.7 Å². The molecule has 1 aromatic heterocycles. The molecule has 0 radical (unpaired) electrons. The van der Waals surface area contributed by atoms with Crippen LogP contribution in [0.25, 0.3) is 5.69 Å². The number of benzene rings is 2. The number of carbonyl (C=O) groups excluding carboxylic acids is 2. The van der Waals surface area contributed by atoms with Gasteiger partial charge < -0.3 is 10.2 Å².